The van der Waals surface area contributed by atoms with Gasteiger partial charge in [-0.3, -0.25) is 4.79 Å². The minimum atomic E-state index is -3.64. The van der Waals surface area contributed by atoms with Crippen molar-refractivity contribution < 1.29 is 13.2 Å². The summed E-state index contributed by atoms with van der Waals surface area (Å²) >= 11 is 7.38. The molecule has 1 aromatic heterocycles. The van der Waals surface area contributed by atoms with Crippen molar-refractivity contribution >= 4 is 39.0 Å². The van der Waals surface area contributed by atoms with E-state index in [1.165, 1.54) is 11.8 Å². The summed E-state index contributed by atoms with van der Waals surface area (Å²) in [5.74, 6) is -0.471. The van der Waals surface area contributed by atoms with Crippen LogP contribution in [0.25, 0.3) is 0 Å². The van der Waals surface area contributed by atoms with Crippen LogP contribution in [0.3, 0.4) is 0 Å². The quantitative estimate of drug-likeness (QED) is 0.463. The van der Waals surface area contributed by atoms with Gasteiger partial charge in [0.1, 0.15) is 5.03 Å². The molecular formula is C24H20ClNO3S2. The second-order valence-electron chi connectivity index (χ2n) is 7.32. The van der Waals surface area contributed by atoms with Crippen LogP contribution in [0.4, 0.5) is 0 Å². The minimum absolute atomic E-state index is 0.0286. The third-order valence-corrected chi connectivity index (χ3v) is 8.20. The van der Waals surface area contributed by atoms with Crippen LogP contribution in [-0.2, 0) is 14.6 Å². The van der Waals surface area contributed by atoms with E-state index >= 15 is 0 Å². The molecule has 4 rings (SSSR count). The topological polar surface area (TPSA) is 64.1 Å². The first kappa shape index (κ1) is 21.8. The second kappa shape index (κ2) is 9.39. The Morgan fingerprint density at radius 3 is 2.32 bits per heavy atom. The summed E-state index contributed by atoms with van der Waals surface area (Å²) in [5, 5.41) is 1.37. The maximum Gasteiger partial charge on any atom is 0.182 e. The lowest BCUT2D eigenvalue weighted by Crippen LogP contribution is -2.23. The Labute approximate surface area is 191 Å². The summed E-state index contributed by atoms with van der Waals surface area (Å²) in [6.07, 6.45) is 2.53. The number of carbonyl (C=O) groups excluding carboxylic acids is 1. The van der Waals surface area contributed by atoms with Crippen LogP contribution in [0.2, 0.25) is 5.02 Å². The zero-order chi connectivity index (χ0) is 21.8. The summed E-state index contributed by atoms with van der Waals surface area (Å²) in [6, 6.07) is 21.3. The van der Waals surface area contributed by atoms with Crippen molar-refractivity contribution in [1.29, 1.82) is 0 Å². The zero-order valence-corrected chi connectivity index (χ0v) is 19.0. The largest absolute Gasteiger partial charge is 0.294 e. The number of carbonyl (C=O) groups is 1. The van der Waals surface area contributed by atoms with Crippen LogP contribution in [0.15, 0.2) is 99.4 Å². The molecule has 0 fully saturated rings. The number of sulfone groups is 1. The van der Waals surface area contributed by atoms with Crippen molar-refractivity contribution in [3.63, 3.8) is 0 Å². The number of hydrogen-bond donors (Lipinski definition) is 0. The minimum Gasteiger partial charge on any atom is -0.294 e. The van der Waals surface area contributed by atoms with Crippen molar-refractivity contribution in [2.45, 2.75) is 28.7 Å². The summed E-state index contributed by atoms with van der Waals surface area (Å²) in [6.45, 7) is 0. The van der Waals surface area contributed by atoms with Gasteiger partial charge in [0.15, 0.2) is 15.6 Å². The van der Waals surface area contributed by atoms with Gasteiger partial charge in [-0.2, -0.15) is 0 Å². The van der Waals surface area contributed by atoms with Crippen molar-refractivity contribution in [3.8, 4) is 0 Å². The Balaban J connectivity index is 1.71. The zero-order valence-electron chi connectivity index (χ0n) is 16.6. The van der Waals surface area contributed by atoms with Crippen molar-refractivity contribution in [3.05, 3.63) is 100 Å². The van der Waals surface area contributed by atoms with Gasteiger partial charge in [-0.1, -0.05) is 59.8 Å². The Hall–Kier alpha value is -2.41. The molecule has 1 unspecified atom stereocenters. The Kier molecular flexibility index (Phi) is 6.60. The molecule has 4 nitrogen and oxygen atoms in total. The number of Topliss-reactive ketones (excluding diaryl/α,β-unsaturated/α-hetero) is 1. The molecule has 31 heavy (non-hydrogen) atoms. The predicted molar refractivity (Wildman–Crippen MR) is 124 cm³/mol. The van der Waals surface area contributed by atoms with Crippen LogP contribution < -0.4 is 0 Å². The van der Waals surface area contributed by atoms with Gasteiger partial charge < -0.3 is 0 Å². The number of halogens is 1. The number of benzene rings is 2. The number of hydrogen-bond acceptors (Lipinski definition) is 5. The number of nitrogens with zero attached hydrogens (tertiary/aromatic N) is 1. The van der Waals surface area contributed by atoms with Gasteiger partial charge in [-0.15, -0.1) is 0 Å². The molecule has 3 aromatic rings. The predicted octanol–water partition coefficient (Wildman–Crippen LogP) is 5.70. The number of allylic oxidation sites excluding steroid dienone is 1. The SMILES string of the molecule is O=C1CC(c2ccc(Cl)cc2)CC(Sc2ccccn2)=C1CS(=O)(=O)c1ccccc1. The van der Waals surface area contributed by atoms with Crippen LogP contribution in [0.1, 0.15) is 24.3 Å². The van der Waals surface area contributed by atoms with Gasteiger partial charge in [0.25, 0.3) is 0 Å². The molecule has 0 bridgehead atoms. The van der Waals surface area contributed by atoms with E-state index < -0.39 is 9.84 Å². The molecule has 1 atom stereocenters. The lowest BCUT2D eigenvalue weighted by Gasteiger charge is -2.26. The molecule has 1 aliphatic rings. The van der Waals surface area contributed by atoms with Gasteiger partial charge in [-0.25, -0.2) is 13.4 Å². The van der Waals surface area contributed by atoms with E-state index in [0.717, 1.165) is 15.5 Å². The Bertz CT molecular complexity index is 1210. The molecule has 2 aromatic carbocycles. The molecular weight excluding hydrogens is 450 g/mol. The molecule has 0 saturated carbocycles. The highest BCUT2D eigenvalue weighted by Gasteiger charge is 2.32. The van der Waals surface area contributed by atoms with Crippen molar-refractivity contribution in [1.82, 2.24) is 4.98 Å². The first-order chi connectivity index (χ1) is 14.9. The van der Waals surface area contributed by atoms with Gasteiger partial charge >= 0.3 is 0 Å². The molecule has 0 radical (unpaired) electrons. The number of aromatic nitrogens is 1. The van der Waals surface area contributed by atoms with Crippen molar-refractivity contribution in [2.75, 3.05) is 5.75 Å². The maximum atomic E-state index is 13.2. The monoisotopic (exact) mass is 469 g/mol. The van der Waals surface area contributed by atoms with Crippen LogP contribution >= 0.6 is 23.4 Å². The number of pyridine rings is 1. The summed E-state index contributed by atoms with van der Waals surface area (Å²) in [4.78, 5) is 18.5. The molecule has 1 aliphatic carbocycles. The van der Waals surface area contributed by atoms with E-state index in [9.17, 15) is 13.2 Å². The van der Waals surface area contributed by atoms with Gasteiger partial charge in [0, 0.05) is 23.2 Å². The molecule has 0 N–H and O–H groups in total. The first-order valence-electron chi connectivity index (χ1n) is 9.80. The van der Waals surface area contributed by atoms with Crippen LogP contribution in [0, 0.1) is 0 Å². The molecule has 0 aliphatic heterocycles. The highest BCUT2D eigenvalue weighted by atomic mass is 35.5. The molecule has 7 heteroatoms. The highest BCUT2D eigenvalue weighted by molar-refractivity contribution is 8.03. The average molecular weight is 470 g/mol. The fraction of sp³-hybridized carbons (Fsp3) is 0.167. The standard InChI is InChI=1S/C24H20ClNO3S2/c25-19-11-9-17(10-12-19)18-14-22(27)21(16-31(28,29)20-6-2-1-3-7-20)23(15-18)30-24-8-4-5-13-26-24/h1-13,18H,14-16H2. The van der Waals surface area contributed by atoms with E-state index in [0.29, 0.717) is 17.0 Å². The Morgan fingerprint density at radius 2 is 1.65 bits per heavy atom. The van der Waals surface area contributed by atoms with Gasteiger partial charge in [-0.05, 0) is 59.2 Å². The fourth-order valence-corrected chi connectivity index (χ4v) is 6.37. The lowest BCUT2D eigenvalue weighted by molar-refractivity contribution is -0.116. The van der Waals surface area contributed by atoms with E-state index in [2.05, 4.69) is 4.98 Å². The van der Waals surface area contributed by atoms with Gasteiger partial charge in [0.05, 0.1) is 10.6 Å². The average Bonchev–Trinajstić information content (AvgIpc) is 2.78. The van der Waals surface area contributed by atoms with E-state index in [-0.39, 0.29) is 28.8 Å². The number of rotatable bonds is 6. The molecule has 0 spiro atoms. The normalized spacial score (nSPS) is 17.1. The fourth-order valence-electron chi connectivity index (χ4n) is 3.59. The first-order valence-corrected chi connectivity index (χ1v) is 12.6. The van der Waals surface area contributed by atoms with Crippen LogP contribution in [-0.4, -0.2) is 24.9 Å². The molecule has 1 heterocycles. The molecule has 0 saturated heterocycles. The smallest absolute Gasteiger partial charge is 0.182 e. The second-order valence-corrected chi connectivity index (χ2v) is 10.9. The third kappa shape index (κ3) is 5.26. The van der Waals surface area contributed by atoms with E-state index in [1.807, 2.05) is 42.5 Å². The molecule has 158 valence electrons. The summed E-state index contributed by atoms with van der Waals surface area (Å²) in [5.41, 5.74) is 1.38. The maximum absolute atomic E-state index is 13.2. The third-order valence-electron chi connectivity index (χ3n) is 5.18. The number of thioether (sulfide) groups is 1. The van der Waals surface area contributed by atoms with Gasteiger partial charge in [0.2, 0.25) is 0 Å². The van der Waals surface area contributed by atoms with E-state index in [1.54, 1.807) is 36.5 Å². The van der Waals surface area contributed by atoms with Crippen LogP contribution in [0.5, 0.6) is 0 Å². The molecule has 0 amide bonds. The summed E-state index contributed by atoms with van der Waals surface area (Å²) in [7, 11) is -3.64. The van der Waals surface area contributed by atoms with E-state index in [4.69, 9.17) is 11.6 Å². The Morgan fingerprint density at radius 1 is 0.935 bits per heavy atom. The lowest BCUT2D eigenvalue weighted by atomic mass is 9.84. The van der Waals surface area contributed by atoms with Crippen molar-refractivity contribution in [2.24, 2.45) is 0 Å². The highest BCUT2D eigenvalue weighted by Crippen LogP contribution is 2.42. The number of ketones is 1. The summed E-state index contributed by atoms with van der Waals surface area (Å²) < 4.78 is 26.0.